The number of hydrogen-bond donors (Lipinski definition) is 1. The first-order valence-electron chi connectivity index (χ1n) is 4.35. The normalized spacial score (nSPS) is 19.5. The average Bonchev–Trinajstić information content (AvgIpc) is 2.64. The summed E-state index contributed by atoms with van der Waals surface area (Å²) in [5.41, 5.74) is 1.31. The van der Waals surface area contributed by atoms with Crippen LogP contribution in [0.4, 0.5) is 0 Å². The first kappa shape index (κ1) is 7.80. The monoisotopic (exact) mass is 166 g/mol. The van der Waals surface area contributed by atoms with E-state index in [4.69, 9.17) is 4.52 Å². The molecule has 3 heteroatoms. The third-order valence-corrected chi connectivity index (χ3v) is 2.51. The van der Waals surface area contributed by atoms with Gasteiger partial charge in [-0.1, -0.05) is 12.1 Å². The van der Waals surface area contributed by atoms with Crippen LogP contribution in [0.25, 0.3) is 0 Å². The van der Waals surface area contributed by atoms with E-state index in [1.807, 2.05) is 7.05 Å². The fourth-order valence-electron chi connectivity index (χ4n) is 1.29. The third kappa shape index (κ3) is 1.25. The lowest BCUT2D eigenvalue weighted by Gasteiger charge is -1.98. The van der Waals surface area contributed by atoms with Gasteiger partial charge in [-0.05, 0) is 19.9 Å². The first-order chi connectivity index (χ1) is 5.74. The summed E-state index contributed by atoms with van der Waals surface area (Å²) in [5.74, 6) is 1.05. The number of nitrogens with zero attached hydrogens (tertiary/aromatic N) is 1. The maximum atomic E-state index is 5.25. The molecule has 12 heavy (non-hydrogen) atoms. The van der Waals surface area contributed by atoms with Crippen molar-refractivity contribution >= 4 is 0 Å². The van der Waals surface area contributed by atoms with E-state index in [-0.39, 0.29) is 0 Å². The number of aromatic nitrogens is 1. The van der Waals surface area contributed by atoms with Gasteiger partial charge in [0.1, 0.15) is 5.76 Å². The molecule has 0 bridgehead atoms. The zero-order valence-corrected chi connectivity index (χ0v) is 7.55. The van der Waals surface area contributed by atoms with E-state index in [2.05, 4.69) is 23.5 Å². The lowest BCUT2D eigenvalue weighted by atomic mass is 10.1. The zero-order valence-electron chi connectivity index (χ0n) is 7.55. The van der Waals surface area contributed by atoms with Gasteiger partial charge in [-0.25, -0.2) is 0 Å². The van der Waals surface area contributed by atoms with E-state index in [9.17, 15) is 0 Å². The molecule has 1 aliphatic rings. The molecule has 0 atom stereocenters. The Morgan fingerprint density at radius 3 is 3.00 bits per heavy atom. The van der Waals surface area contributed by atoms with Crippen molar-refractivity contribution in [1.82, 2.24) is 10.5 Å². The van der Waals surface area contributed by atoms with E-state index in [1.54, 1.807) is 0 Å². The molecule has 1 N–H and O–H groups in total. The van der Waals surface area contributed by atoms with E-state index >= 15 is 0 Å². The molecule has 0 spiro atoms. The van der Waals surface area contributed by atoms with Crippen molar-refractivity contribution < 1.29 is 4.52 Å². The van der Waals surface area contributed by atoms with Crippen molar-refractivity contribution in [2.24, 2.45) is 0 Å². The smallest absolute Gasteiger partial charge is 0.142 e. The Labute approximate surface area is 72.1 Å². The summed E-state index contributed by atoms with van der Waals surface area (Å²) in [6.07, 6.45) is 2.47. The fourth-order valence-corrected chi connectivity index (χ4v) is 1.29. The summed E-state index contributed by atoms with van der Waals surface area (Å²) in [4.78, 5) is 0. The van der Waals surface area contributed by atoms with Crippen molar-refractivity contribution in [2.75, 3.05) is 7.05 Å². The molecular formula is C9H14N2O. The summed E-state index contributed by atoms with van der Waals surface area (Å²) < 4.78 is 5.25. The highest BCUT2D eigenvalue weighted by atomic mass is 16.5. The van der Waals surface area contributed by atoms with Crippen LogP contribution in [0.15, 0.2) is 10.6 Å². The quantitative estimate of drug-likeness (QED) is 0.738. The van der Waals surface area contributed by atoms with Crippen molar-refractivity contribution in [1.29, 1.82) is 0 Å². The van der Waals surface area contributed by atoms with E-state index in [1.165, 1.54) is 12.8 Å². The Kier molecular flexibility index (Phi) is 1.68. The van der Waals surface area contributed by atoms with Crippen molar-refractivity contribution in [3.8, 4) is 0 Å². The van der Waals surface area contributed by atoms with Crippen LogP contribution in [0.5, 0.6) is 0 Å². The molecule has 1 aliphatic carbocycles. The third-order valence-electron chi connectivity index (χ3n) is 2.51. The minimum atomic E-state index is 0.305. The maximum Gasteiger partial charge on any atom is 0.142 e. The lowest BCUT2D eigenvalue weighted by Crippen LogP contribution is -2.04. The fraction of sp³-hybridized carbons (Fsp3) is 0.667. The van der Waals surface area contributed by atoms with Gasteiger partial charge >= 0.3 is 0 Å². The summed E-state index contributed by atoms with van der Waals surface area (Å²) in [5, 5.41) is 7.02. The van der Waals surface area contributed by atoms with Crippen LogP contribution >= 0.6 is 0 Å². The molecule has 66 valence electrons. The molecule has 0 amide bonds. The topological polar surface area (TPSA) is 38.1 Å². The summed E-state index contributed by atoms with van der Waals surface area (Å²) >= 11 is 0. The van der Waals surface area contributed by atoms with Gasteiger partial charge in [-0.3, -0.25) is 0 Å². The molecule has 1 saturated carbocycles. The van der Waals surface area contributed by atoms with Crippen LogP contribution in [0.2, 0.25) is 0 Å². The molecule has 0 radical (unpaired) electrons. The van der Waals surface area contributed by atoms with Gasteiger partial charge in [-0.2, -0.15) is 0 Å². The lowest BCUT2D eigenvalue weighted by molar-refractivity contribution is 0.354. The van der Waals surface area contributed by atoms with E-state index < -0.39 is 0 Å². The molecule has 1 heterocycles. The highest BCUT2D eigenvalue weighted by molar-refractivity contribution is 5.21. The molecular weight excluding hydrogens is 152 g/mol. The first-order valence-corrected chi connectivity index (χ1v) is 4.35. The van der Waals surface area contributed by atoms with Crippen LogP contribution in [-0.4, -0.2) is 12.2 Å². The Bertz CT molecular complexity index is 276. The SMILES string of the molecule is CNCc1cc(C2(C)CC2)on1. The molecule has 0 unspecified atom stereocenters. The van der Waals surface area contributed by atoms with Gasteiger partial charge in [0.25, 0.3) is 0 Å². The minimum absolute atomic E-state index is 0.305. The summed E-state index contributed by atoms with van der Waals surface area (Å²) in [7, 11) is 1.91. The Balaban J connectivity index is 2.13. The minimum Gasteiger partial charge on any atom is -0.361 e. The van der Waals surface area contributed by atoms with E-state index in [0.29, 0.717) is 5.41 Å². The Morgan fingerprint density at radius 1 is 1.67 bits per heavy atom. The molecule has 1 aromatic rings. The molecule has 2 rings (SSSR count). The van der Waals surface area contributed by atoms with Crippen LogP contribution in [0.1, 0.15) is 31.2 Å². The second kappa shape index (κ2) is 2.59. The molecule has 1 aromatic heterocycles. The predicted octanol–water partition coefficient (Wildman–Crippen LogP) is 1.45. The van der Waals surface area contributed by atoms with Gasteiger partial charge in [0.05, 0.1) is 5.69 Å². The van der Waals surface area contributed by atoms with Gasteiger partial charge in [-0.15, -0.1) is 0 Å². The highest BCUT2D eigenvalue weighted by Crippen LogP contribution is 2.47. The molecule has 3 nitrogen and oxygen atoms in total. The number of nitrogens with one attached hydrogen (secondary N) is 1. The van der Waals surface area contributed by atoms with Crippen LogP contribution in [0.3, 0.4) is 0 Å². The largest absolute Gasteiger partial charge is 0.361 e. The van der Waals surface area contributed by atoms with Crippen LogP contribution in [-0.2, 0) is 12.0 Å². The van der Waals surface area contributed by atoms with Gasteiger partial charge in [0.15, 0.2) is 0 Å². The highest BCUT2D eigenvalue weighted by Gasteiger charge is 2.42. The maximum absolute atomic E-state index is 5.25. The zero-order chi connectivity index (χ0) is 8.60. The van der Waals surface area contributed by atoms with Crippen molar-refractivity contribution in [2.45, 2.75) is 31.7 Å². The van der Waals surface area contributed by atoms with Gasteiger partial charge in [0.2, 0.25) is 0 Å². The van der Waals surface area contributed by atoms with Crippen LogP contribution in [0, 0.1) is 0 Å². The van der Waals surface area contributed by atoms with Gasteiger partial charge in [0, 0.05) is 18.0 Å². The standard InChI is InChI=1S/C9H14N2O/c1-9(3-4-9)8-5-7(6-10-2)11-12-8/h5,10H,3-4,6H2,1-2H3. The second-order valence-corrected chi connectivity index (χ2v) is 3.77. The molecule has 0 aromatic carbocycles. The number of hydrogen-bond acceptors (Lipinski definition) is 3. The molecule has 0 saturated heterocycles. The molecule has 1 fully saturated rings. The van der Waals surface area contributed by atoms with Crippen molar-refractivity contribution in [3.05, 3.63) is 17.5 Å². The Hall–Kier alpha value is -0.830. The van der Waals surface area contributed by atoms with Crippen LogP contribution < -0.4 is 5.32 Å². The Morgan fingerprint density at radius 2 is 2.42 bits per heavy atom. The van der Waals surface area contributed by atoms with Crippen molar-refractivity contribution in [3.63, 3.8) is 0 Å². The summed E-state index contributed by atoms with van der Waals surface area (Å²) in [6, 6.07) is 2.06. The number of rotatable bonds is 3. The van der Waals surface area contributed by atoms with E-state index in [0.717, 1.165) is 18.0 Å². The predicted molar refractivity (Wildman–Crippen MR) is 45.9 cm³/mol. The second-order valence-electron chi connectivity index (χ2n) is 3.77. The molecule has 0 aliphatic heterocycles. The van der Waals surface area contributed by atoms with Gasteiger partial charge < -0.3 is 9.84 Å². The summed E-state index contributed by atoms with van der Waals surface area (Å²) in [6.45, 7) is 3.01. The average molecular weight is 166 g/mol.